The zero-order valence-electron chi connectivity index (χ0n) is 20.3. The number of halogens is 1. The Morgan fingerprint density at radius 3 is 2.08 bits per heavy atom. The largest absolute Gasteiger partial charge is 0.309 e. The molecule has 39 heavy (non-hydrogen) atoms. The quantitative estimate of drug-likeness (QED) is 0.158. The molecule has 186 valence electrons. The number of hydrogen-bond donors (Lipinski definition) is 0. The van der Waals surface area contributed by atoms with E-state index in [9.17, 15) is 10.1 Å². The summed E-state index contributed by atoms with van der Waals surface area (Å²) in [6, 6.07) is 36.4. The predicted octanol–water partition coefficient (Wildman–Crippen LogP) is 8.20. The van der Waals surface area contributed by atoms with Gasteiger partial charge in [0.2, 0.25) is 5.78 Å². The van der Waals surface area contributed by atoms with Crippen LogP contribution in [0.4, 0.5) is 5.69 Å². The van der Waals surface area contributed by atoms with E-state index in [4.69, 9.17) is 4.98 Å². The first-order valence-electron chi connectivity index (χ1n) is 12.4. The molecule has 0 aliphatic carbocycles. The average molecular weight is 572 g/mol. The highest BCUT2D eigenvalue weighted by Crippen LogP contribution is 2.37. The molecule has 0 aliphatic rings. The lowest BCUT2D eigenvalue weighted by Gasteiger charge is -2.10. The van der Waals surface area contributed by atoms with E-state index in [1.54, 1.807) is 18.2 Å². The second-order valence-corrected chi connectivity index (χ2v) is 10.4. The van der Waals surface area contributed by atoms with Crippen LogP contribution in [-0.2, 0) is 0 Å². The van der Waals surface area contributed by atoms with Crippen LogP contribution in [0.5, 0.6) is 0 Å². The molecule has 0 N–H and O–H groups in total. The summed E-state index contributed by atoms with van der Waals surface area (Å²) in [7, 11) is 0. The lowest BCUT2D eigenvalue weighted by molar-refractivity contribution is -0.385. The molecule has 0 bridgehead atoms. The summed E-state index contributed by atoms with van der Waals surface area (Å²) in [6.45, 7) is 0. The standard InChI is InChI=1S/C31H18BrN5O2/c32-23-18-20(14-16-27(23)37(38)39)34-25-9-3-1-7-21(25)22-17-19(13-15-26(22)34)35-29-11-5-6-12-30(29)36-28-10-4-2-8-24(28)33-31(35)36/h1-18H. The molecule has 7 nitrogen and oxygen atoms in total. The van der Waals surface area contributed by atoms with Crippen LogP contribution < -0.4 is 0 Å². The number of nitro groups is 1. The fourth-order valence-electron chi connectivity index (χ4n) is 5.77. The topological polar surface area (TPSA) is 70.3 Å². The fourth-order valence-corrected chi connectivity index (χ4v) is 6.28. The Morgan fingerprint density at radius 2 is 1.28 bits per heavy atom. The summed E-state index contributed by atoms with van der Waals surface area (Å²) in [5.74, 6) is 0.861. The van der Waals surface area contributed by atoms with E-state index in [1.807, 2.05) is 30.3 Å². The minimum atomic E-state index is -0.382. The molecule has 0 spiro atoms. The van der Waals surface area contributed by atoms with Gasteiger partial charge in [0.25, 0.3) is 5.69 Å². The van der Waals surface area contributed by atoms with Crippen molar-refractivity contribution in [1.29, 1.82) is 0 Å². The van der Waals surface area contributed by atoms with Gasteiger partial charge in [0.05, 0.1) is 42.5 Å². The van der Waals surface area contributed by atoms with Crippen molar-refractivity contribution in [2.45, 2.75) is 0 Å². The van der Waals surface area contributed by atoms with Gasteiger partial charge >= 0.3 is 0 Å². The van der Waals surface area contributed by atoms with Gasteiger partial charge in [-0.25, -0.2) is 4.98 Å². The molecule has 8 heteroatoms. The molecule has 5 aromatic carbocycles. The highest BCUT2D eigenvalue weighted by Gasteiger charge is 2.20. The maximum Gasteiger partial charge on any atom is 0.283 e. The number of aromatic nitrogens is 4. The molecule has 0 saturated carbocycles. The Kier molecular flexibility index (Phi) is 4.54. The number of rotatable bonds is 3. The van der Waals surface area contributed by atoms with Gasteiger partial charge in [-0.1, -0.05) is 42.5 Å². The first-order valence-corrected chi connectivity index (χ1v) is 13.2. The van der Waals surface area contributed by atoms with Crippen molar-refractivity contribution in [1.82, 2.24) is 18.5 Å². The molecule has 8 rings (SSSR count). The van der Waals surface area contributed by atoms with Crippen LogP contribution in [0.1, 0.15) is 0 Å². The molecule has 0 radical (unpaired) electrons. The Labute approximate surface area is 229 Å². The second kappa shape index (κ2) is 8.02. The number of fused-ring (bicyclic) bond motifs is 8. The van der Waals surface area contributed by atoms with Crippen LogP contribution in [0.25, 0.3) is 61.0 Å². The lowest BCUT2D eigenvalue weighted by Crippen LogP contribution is -1.97. The van der Waals surface area contributed by atoms with Crippen molar-refractivity contribution < 1.29 is 4.92 Å². The Bertz CT molecular complexity index is 2290. The molecule has 8 aromatic rings. The van der Waals surface area contributed by atoms with Crippen molar-refractivity contribution in [3.63, 3.8) is 0 Å². The molecule has 0 atom stereocenters. The zero-order valence-corrected chi connectivity index (χ0v) is 21.9. The SMILES string of the molecule is O=[N+]([O-])c1ccc(-n2c3ccccc3c3cc(-n4c5ccccc5n5c6ccccc6nc45)ccc32)cc1Br. The smallest absolute Gasteiger partial charge is 0.283 e. The number of imidazole rings is 2. The molecule has 3 heterocycles. The van der Waals surface area contributed by atoms with Gasteiger partial charge in [-0.15, -0.1) is 0 Å². The maximum atomic E-state index is 11.4. The third-order valence-electron chi connectivity index (χ3n) is 7.41. The number of nitro benzene ring substituents is 1. The van der Waals surface area contributed by atoms with Gasteiger partial charge in [-0.3, -0.25) is 19.1 Å². The minimum Gasteiger partial charge on any atom is -0.309 e. The normalized spacial score (nSPS) is 11.9. The van der Waals surface area contributed by atoms with E-state index in [2.05, 4.69) is 90.1 Å². The monoisotopic (exact) mass is 571 g/mol. The highest BCUT2D eigenvalue weighted by atomic mass is 79.9. The Hall–Kier alpha value is -4.95. The summed E-state index contributed by atoms with van der Waals surface area (Å²) in [4.78, 5) is 16.0. The van der Waals surface area contributed by atoms with Crippen molar-refractivity contribution in [3.8, 4) is 11.4 Å². The summed E-state index contributed by atoms with van der Waals surface area (Å²) in [5.41, 5.74) is 8.14. The van der Waals surface area contributed by atoms with Crippen molar-refractivity contribution in [3.05, 3.63) is 124 Å². The first-order chi connectivity index (χ1) is 19.1. The lowest BCUT2D eigenvalue weighted by atomic mass is 10.1. The van der Waals surface area contributed by atoms with E-state index in [1.165, 1.54) is 0 Å². The van der Waals surface area contributed by atoms with Gasteiger partial charge in [0.15, 0.2) is 0 Å². The first kappa shape index (κ1) is 22.1. The van der Waals surface area contributed by atoms with Gasteiger partial charge in [-0.05, 0) is 76.6 Å². The van der Waals surface area contributed by atoms with Gasteiger partial charge in [-0.2, -0.15) is 0 Å². The number of benzene rings is 5. The van der Waals surface area contributed by atoms with E-state index in [0.717, 1.165) is 61.0 Å². The third-order valence-corrected chi connectivity index (χ3v) is 8.04. The van der Waals surface area contributed by atoms with Gasteiger partial charge in [0, 0.05) is 28.2 Å². The minimum absolute atomic E-state index is 0.0393. The van der Waals surface area contributed by atoms with Gasteiger partial charge < -0.3 is 4.57 Å². The predicted molar refractivity (Wildman–Crippen MR) is 158 cm³/mol. The second-order valence-electron chi connectivity index (χ2n) is 9.51. The van der Waals surface area contributed by atoms with E-state index in [0.29, 0.717) is 4.47 Å². The van der Waals surface area contributed by atoms with Crippen LogP contribution in [0.2, 0.25) is 0 Å². The summed E-state index contributed by atoms with van der Waals surface area (Å²) in [6.07, 6.45) is 0. The number of hydrogen-bond acceptors (Lipinski definition) is 3. The van der Waals surface area contributed by atoms with Gasteiger partial charge in [0.1, 0.15) is 0 Å². The molecule has 0 aliphatic heterocycles. The molecular formula is C31H18BrN5O2. The highest BCUT2D eigenvalue weighted by molar-refractivity contribution is 9.10. The molecule has 3 aromatic heterocycles. The molecular weight excluding hydrogens is 554 g/mol. The molecule has 0 saturated heterocycles. The van der Waals surface area contributed by atoms with Crippen LogP contribution in [0, 0.1) is 10.1 Å². The molecule has 0 unspecified atom stereocenters. The fraction of sp³-hybridized carbons (Fsp3) is 0. The van der Waals surface area contributed by atoms with Crippen LogP contribution in [0.15, 0.2) is 114 Å². The summed E-state index contributed by atoms with van der Waals surface area (Å²) in [5, 5.41) is 13.6. The van der Waals surface area contributed by atoms with E-state index in [-0.39, 0.29) is 10.6 Å². The average Bonchev–Trinajstić information content (AvgIpc) is 3.59. The summed E-state index contributed by atoms with van der Waals surface area (Å²) >= 11 is 3.39. The number of para-hydroxylation sites is 5. The third kappa shape index (κ3) is 3.06. The number of nitrogens with zero attached hydrogens (tertiary/aromatic N) is 5. The van der Waals surface area contributed by atoms with Crippen LogP contribution in [-0.4, -0.2) is 23.4 Å². The van der Waals surface area contributed by atoms with E-state index < -0.39 is 0 Å². The Morgan fingerprint density at radius 1 is 0.641 bits per heavy atom. The molecule has 0 amide bonds. The van der Waals surface area contributed by atoms with Crippen molar-refractivity contribution in [2.24, 2.45) is 0 Å². The van der Waals surface area contributed by atoms with E-state index >= 15 is 0 Å². The van der Waals surface area contributed by atoms with Crippen molar-refractivity contribution >= 4 is 71.3 Å². The Balaban J connectivity index is 1.43. The molecule has 0 fully saturated rings. The van der Waals surface area contributed by atoms with Crippen molar-refractivity contribution in [2.75, 3.05) is 0 Å². The summed E-state index contributed by atoms with van der Waals surface area (Å²) < 4.78 is 7.02. The maximum absolute atomic E-state index is 11.4. The van der Waals surface area contributed by atoms with Crippen LogP contribution in [0.3, 0.4) is 0 Å². The van der Waals surface area contributed by atoms with Crippen LogP contribution >= 0.6 is 15.9 Å². The zero-order chi connectivity index (χ0) is 26.2.